The lowest BCUT2D eigenvalue weighted by Crippen LogP contribution is -2.43. The number of nitrogens with zero attached hydrogens (tertiary/aromatic N) is 4. The lowest BCUT2D eigenvalue weighted by atomic mass is 10.1. The number of carbonyl (C=O) groups excluding carboxylic acids is 1. The largest absolute Gasteiger partial charge is 0.387 e. The van der Waals surface area contributed by atoms with E-state index in [4.69, 9.17) is 0 Å². The molecule has 7 nitrogen and oxygen atoms in total. The maximum absolute atomic E-state index is 13.0. The first-order valence-electron chi connectivity index (χ1n) is 7.85. The van der Waals surface area contributed by atoms with Crippen LogP contribution in [0.15, 0.2) is 30.6 Å². The normalized spacial score (nSPS) is 15.1. The van der Waals surface area contributed by atoms with Gasteiger partial charge in [-0.2, -0.15) is 5.10 Å². The van der Waals surface area contributed by atoms with Crippen molar-refractivity contribution in [1.29, 1.82) is 0 Å². The molecule has 0 bridgehead atoms. The molecule has 24 heavy (non-hydrogen) atoms. The number of rotatable bonds is 6. The van der Waals surface area contributed by atoms with Crippen molar-refractivity contribution in [2.24, 2.45) is 7.05 Å². The van der Waals surface area contributed by atoms with Crippen molar-refractivity contribution in [3.63, 3.8) is 0 Å². The van der Waals surface area contributed by atoms with E-state index in [0.717, 1.165) is 12.8 Å². The van der Waals surface area contributed by atoms with Crippen molar-refractivity contribution in [2.75, 3.05) is 6.54 Å². The van der Waals surface area contributed by atoms with Gasteiger partial charge in [0.05, 0.1) is 19.2 Å². The fourth-order valence-electron chi connectivity index (χ4n) is 2.48. The molecule has 0 spiro atoms. The predicted molar refractivity (Wildman–Crippen MR) is 84.3 cm³/mol. The van der Waals surface area contributed by atoms with E-state index >= 15 is 0 Å². The Morgan fingerprint density at radius 2 is 2.17 bits per heavy atom. The van der Waals surface area contributed by atoms with Crippen LogP contribution in [0.5, 0.6) is 0 Å². The number of nitrogens with one attached hydrogen (secondary N) is 1. The van der Waals surface area contributed by atoms with Gasteiger partial charge < -0.3 is 15.3 Å². The number of carbonyl (C=O) groups is 1. The average molecular weight is 333 g/mol. The van der Waals surface area contributed by atoms with E-state index in [-0.39, 0.29) is 31.0 Å². The van der Waals surface area contributed by atoms with E-state index in [0.29, 0.717) is 11.4 Å². The van der Waals surface area contributed by atoms with Crippen LogP contribution in [0.3, 0.4) is 0 Å². The Morgan fingerprint density at radius 3 is 2.75 bits per heavy atom. The Balaban J connectivity index is 1.59. The smallest absolute Gasteiger partial charge is 0.318 e. The highest BCUT2D eigenvalue weighted by molar-refractivity contribution is 5.74. The molecule has 1 heterocycles. The van der Waals surface area contributed by atoms with E-state index in [1.165, 1.54) is 24.3 Å². The monoisotopic (exact) mass is 333 g/mol. The molecule has 2 aromatic rings. The van der Waals surface area contributed by atoms with E-state index in [2.05, 4.69) is 15.4 Å². The summed E-state index contributed by atoms with van der Waals surface area (Å²) >= 11 is 0. The van der Waals surface area contributed by atoms with Gasteiger partial charge in [-0.15, -0.1) is 0 Å². The first-order valence-corrected chi connectivity index (χ1v) is 7.85. The SMILES string of the molecule is Cn1cnc(CNC(=O)N(CC(O)c2ccc(F)cc2)C2CC2)n1. The standard InChI is InChI=1S/C16H20FN5O2/c1-21-10-19-15(20-21)8-18-16(24)22(13-6-7-13)9-14(23)11-2-4-12(17)5-3-11/h2-5,10,13-14,23H,6-9H2,1H3,(H,18,24). The minimum atomic E-state index is -0.857. The molecule has 0 saturated heterocycles. The first-order chi connectivity index (χ1) is 11.5. The number of aryl methyl sites for hydroxylation is 1. The summed E-state index contributed by atoms with van der Waals surface area (Å²) in [5, 5.41) is 17.2. The zero-order chi connectivity index (χ0) is 17.1. The molecule has 0 aliphatic heterocycles. The van der Waals surface area contributed by atoms with Gasteiger partial charge in [0, 0.05) is 13.1 Å². The van der Waals surface area contributed by atoms with Crippen LogP contribution in [0, 0.1) is 5.82 Å². The Hall–Kier alpha value is -2.48. The minimum absolute atomic E-state index is 0.136. The molecule has 3 rings (SSSR count). The van der Waals surface area contributed by atoms with E-state index in [9.17, 15) is 14.3 Å². The van der Waals surface area contributed by atoms with Gasteiger partial charge in [-0.05, 0) is 30.5 Å². The molecule has 1 aromatic carbocycles. The highest BCUT2D eigenvalue weighted by Gasteiger charge is 2.34. The highest BCUT2D eigenvalue weighted by atomic mass is 19.1. The zero-order valence-corrected chi connectivity index (χ0v) is 13.4. The molecule has 128 valence electrons. The molecule has 1 aliphatic carbocycles. The summed E-state index contributed by atoms with van der Waals surface area (Å²) < 4.78 is 14.5. The summed E-state index contributed by atoms with van der Waals surface area (Å²) in [5.41, 5.74) is 0.584. The van der Waals surface area contributed by atoms with Crippen LogP contribution in [0.1, 0.15) is 30.3 Å². The Bertz CT molecular complexity index is 699. The number of hydrogen-bond donors (Lipinski definition) is 2. The molecule has 1 unspecified atom stereocenters. The number of hydrogen-bond acceptors (Lipinski definition) is 4. The summed E-state index contributed by atoms with van der Waals surface area (Å²) in [6, 6.07) is 5.53. The van der Waals surface area contributed by atoms with Gasteiger partial charge in [-0.3, -0.25) is 4.68 Å². The van der Waals surface area contributed by atoms with E-state index in [1.807, 2.05) is 0 Å². The van der Waals surface area contributed by atoms with Crippen LogP contribution in [-0.2, 0) is 13.6 Å². The maximum atomic E-state index is 13.0. The van der Waals surface area contributed by atoms with Crippen LogP contribution in [0.2, 0.25) is 0 Å². The molecule has 0 radical (unpaired) electrons. The van der Waals surface area contributed by atoms with Gasteiger partial charge in [0.2, 0.25) is 0 Å². The van der Waals surface area contributed by atoms with Crippen molar-refractivity contribution in [1.82, 2.24) is 25.0 Å². The van der Waals surface area contributed by atoms with Gasteiger partial charge in [0.1, 0.15) is 12.1 Å². The highest BCUT2D eigenvalue weighted by Crippen LogP contribution is 2.29. The third-order valence-corrected chi connectivity index (χ3v) is 3.92. The molecule has 8 heteroatoms. The van der Waals surface area contributed by atoms with Crippen LogP contribution in [-0.4, -0.2) is 43.4 Å². The molecule has 1 aliphatic rings. The van der Waals surface area contributed by atoms with Crippen molar-refractivity contribution in [2.45, 2.75) is 31.5 Å². The number of halogens is 1. The molecule has 1 fully saturated rings. The maximum Gasteiger partial charge on any atom is 0.318 e. The quantitative estimate of drug-likeness (QED) is 0.836. The Labute approximate surface area is 139 Å². The summed E-state index contributed by atoms with van der Waals surface area (Å²) in [6.07, 6.45) is 2.56. The number of benzene rings is 1. The second-order valence-electron chi connectivity index (χ2n) is 5.94. The molecule has 1 saturated carbocycles. The second kappa shape index (κ2) is 6.96. The first kappa shape index (κ1) is 16.4. The predicted octanol–water partition coefficient (Wildman–Crippen LogP) is 1.36. The molecule has 2 amide bonds. The number of aliphatic hydroxyl groups is 1. The van der Waals surface area contributed by atoms with Gasteiger partial charge in [-0.1, -0.05) is 12.1 Å². The average Bonchev–Trinajstić information content (AvgIpc) is 3.32. The van der Waals surface area contributed by atoms with Gasteiger partial charge in [-0.25, -0.2) is 14.2 Å². The van der Waals surface area contributed by atoms with E-state index < -0.39 is 6.10 Å². The van der Waals surface area contributed by atoms with Crippen molar-refractivity contribution >= 4 is 6.03 Å². The fourth-order valence-corrected chi connectivity index (χ4v) is 2.48. The molecule has 1 aromatic heterocycles. The summed E-state index contributed by atoms with van der Waals surface area (Å²) in [6.45, 7) is 0.396. The lowest BCUT2D eigenvalue weighted by molar-refractivity contribution is 0.117. The third-order valence-electron chi connectivity index (χ3n) is 3.92. The fraction of sp³-hybridized carbons (Fsp3) is 0.438. The summed E-state index contributed by atoms with van der Waals surface area (Å²) in [4.78, 5) is 18.1. The molecular weight excluding hydrogens is 313 g/mol. The molecule has 1 atom stereocenters. The topological polar surface area (TPSA) is 83.3 Å². The van der Waals surface area contributed by atoms with Crippen LogP contribution in [0.25, 0.3) is 0 Å². The van der Waals surface area contributed by atoms with Crippen LogP contribution in [0.4, 0.5) is 9.18 Å². The Morgan fingerprint density at radius 1 is 1.46 bits per heavy atom. The number of amides is 2. The lowest BCUT2D eigenvalue weighted by Gasteiger charge is -2.25. The van der Waals surface area contributed by atoms with Crippen molar-refractivity contribution in [3.8, 4) is 0 Å². The van der Waals surface area contributed by atoms with Crippen LogP contribution >= 0.6 is 0 Å². The summed E-state index contributed by atoms with van der Waals surface area (Å²) in [7, 11) is 1.76. The minimum Gasteiger partial charge on any atom is -0.387 e. The zero-order valence-electron chi connectivity index (χ0n) is 13.4. The molecular formula is C16H20FN5O2. The number of urea groups is 1. The molecule has 2 N–H and O–H groups in total. The van der Waals surface area contributed by atoms with Crippen molar-refractivity contribution < 1.29 is 14.3 Å². The van der Waals surface area contributed by atoms with Gasteiger partial charge in [0.15, 0.2) is 5.82 Å². The van der Waals surface area contributed by atoms with Crippen LogP contribution < -0.4 is 5.32 Å². The summed E-state index contributed by atoms with van der Waals surface area (Å²) in [5.74, 6) is 0.172. The number of aliphatic hydroxyl groups excluding tert-OH is 1. The number of aromatic nitrogens is 3. The van der Waals surface area contributed by atoms with E-state index in [1.54, 1.807) is 23.0 Å². The third kappa shape index (κ3) is 4.08. The van der Waals surface area contributed by atoms with Gasteiger partial charge >= 0.3 is 6.03 Å². The van der Waals surface area contributed by atoms with Crippen molar-refractivity contribution in [3.05, 3.63) is 47.8 Å². The second-order valence-corrected chi connectivity index (χ2v) is 5.94. The van der Waals surface area contributed by atoms with Gasteiger partial charge in [0.25, 0.3) is 0 Å². The Kier molecular flexibility index (Phi) is 4.75.